The Bertz CT molecular complexity index is 514. The maximum Gasteiger partial charge on any atom is 0.0809 e. The number of fused-ring (bicyclic) bond motifs is 1. The predicted octanol–water partition coefficient (Wildman–Crippen LogP) is 4.54. The van der Waals surface area contributed by atoms with Crippen LogP contribution in [-0.4, -0.2) is 22.4 Å². The summed E-state index contributed by atoms with van der Waals surface area (Å²) < 4.78 is 0. The van der Waals surface area contributed by atoms with Crippen molar-refractivity contribution in [3.8, 4) is 0 Å². The van der Waals surface area contributed by atoms with Gasteiger partial charge in [0.2, 0.25) is 0 Å². The molecule has 2 N–H and O–H groups in total. The molecule has 3 aliphatic rings. The molecule has 0 bridgehead atoms. The van der Waals surface area contributed by atoms with Crippen LogP contribution in [0.4, 0.5) is 0 Å². The molecule has 0 aromatic heterocycles. The van der Waals surface area contributed by atoms with Crippen molar-refractivity contribution < 1.29 is 10.2 Å². The third-order valence-corrected chi connectivity index (χ3v) is 6.95. The Morgan fingerprint density at radius 3 is 2.52 bits per heavy atom. The fraction of sp³-hybridized carbons (Fsp3) is 0.714. The van der Waals surface area contributed by atoms with Gasteiger partial charge < -0.3 is 10.2 Å². The van der Waals surface area contributed by atoms with Crippen molar-refractivity contribution in [2.45, 2.75) is 77.4 Å². The van der Waals surface area contributed by atoms with Crippen molar-refractivity contribution in [2.24, 2.45) is 17.3 Å². The quantitative estimate of drug-likeness (QED) is 0.734. The van der Waals surface area contributed by atoms with Crippen LogP contribution in [0.25, 0.3) is 0 Å². The van der Waals surface area contributed by atoms with E-state index in [0.29, 0.717) is 23.8 Å². The van der Waals surface area contributed by atoms with Crippen LogP contribution in [0, 0.1) is 17.3 Å². The smallest absolute Gasteiger partial charge is 0.0809 e. The van der Waals surface area contributed by atoms with E-state index in [9.17, 15) is 10.2 Å². The Balaban J connectivity index is 1.77. The van der Waals surface area contributed by atoms with E-state index >= 15 is 0 Å². The Labute approximate surface area is 141 Å². The molecule has 0 unspecified atom stereocenters. The highest BCUT2D eigenvalue weighted by molar-refractivity contribution is 5.29. The molecule has 0 aromatic carbocycles. The maximum absolute atomic E-state index is 9.99. The summed E-state index contributed by atoms with van der Waals surface area (Å²) in [6.45, 7) is 8.64. The highest BCUT2D eigenvalue weighted by Crippen LogP contribution is 2.58. The summed E-state index contributed by atoms with van der Waals surface area (Å²) in [5, 5.41) is 20.0. The molecule has 23 heavy (non-hydrogen) atoms. The van der Waals surface area contributed by atoms with Crippen molar-refractivity contribution in [1.82, 2.24) is 0 Å². The van der Waals surface area contributed by atoms with E-state index in [2.05, 4.69) is 32.6 Å². The van der Waals surface area contributed by atoms with Gasteiger partial charge in [0.25, 0.3) is 0 Å². The van der Waals surface area contributed by atoms with Gasteiger partial charge >= 0.3 is 0 Å². The minimum Gasteiger partial charge on any atom is -0.388 e. The molecule has 3 saturated carbocycles. The van der Waals surface area contributed by atoms with E-state index in [1.54, 1.807) is 5.57 Å². The molecule has 3 fully saturated rings. The van der Waals surface area contributed by atoms with Crippen molar-refractivity contribution >= 4 is 0 Å². The molecule has 0 heterocycles. The van der Waals surface area contributed by atoms with E-state index in [4.69, 9.17) is 0 Å². The molecule has 0 aliphatic heterocycles. The van der Waals surface area contributed by atoms with Crippen molar-refractivity contribution in [2.75, 3.05) is 0 Å². The summed E-state index contributed by atoms with van der Waals surface area (Å²) in [6.07, 6.45) is 12.5. The summed E-state index contributed by atoms with van der Waals surface area (Å²) in [5.41, 5.74) is 3.83. The van der Waals surface area contributed by atoms with Crippen LogP contribution in [0.2, 0.25) is 0 Å². The van der Waals surface area contributed by atoms with Crippen LogP contribution in [0.3, 0.4) is 0 Å². The fourth-order valence-electron chi connectivity index (χ4n) is 5.44. The Kier molecular flexibility index (Phi) is 4.85. The van der Waals surface area contributed by atoms with Gasteiger partial charge in [0.05, 0.1) is 12.2 Å². The molecule has 0 radical (unpaired) electrons. The van der Waals surface area contributed by atoms with Gasteiger partial charge in [-0.25, -0.2) is 0 Å². The van der Waals surface area contributed by atoms with Gasteiger partial charge in [-0.15, -0.1) is 0 Å². The topological polar surface area (TPSA) is 40.5 Å². The van der Waals surface area contributed by atoms with Crippen LogP contribution in [-0.2, 0) is 0 Å². The Morgan fingerprint density at radius 2 is 1.87 bits per heavy atom. The molecule has 0 aromatic rings. The molecular weight excluding hydrogens is 284 g/mol. The minimum atomic E-state index is -0.587. The highest BCUT2D eigenvalue weighted by Gasteiger charge is 2.48. The number of hydrogen-bond acceptors (Lipinski definition) is 2. The predicted molar refractivity (Wildman–Crippen MR) is 95.0 cm³/mol. The van der Waals surface area contributed by atoms with E-state index < -0.39 is 12.2 Å². The Hall–Kier alpha value is -0.860. The Morgan fingerprint density at radius 1 is 1.17 bits per heavy atom. The monoisotopic (exact) mass is 316 g/mol. The second-order valence-corrected chi connectivity index (χ2v) is 8.18. The van der Waals surface area contributed by atoms with Crippen LogP contribution >= 0.6 is 0 Å². The van der Waals surface area contributed by atoms with Crippen LogP contribution < -0.4 is 0 Å². The SMILES string of the molecule is C=C1[C@H](O)CC(=C/C=C2/CCC[C@]3(C)[C@@H](CC)CC[C@@H]23)C[C@H]1O. The van der Waals surface area contributed by atoms with Gasteiger partial charge in [-0.05, 0) is 67.8 Å². The lowest BCUT2D eigenvalue weighted by Gasteiger charge is -2.42. The summed E-state index contributed by atoms with van der Waals surface area (Å²) in [7, 11) is 0. The zero-order chi connectivity index (χ0) is 16.6. The molecule has 0 amide bonds. The van der Waals surface area contributed by atoms with E-state index in [1.807, 2.05) is 0 Å². The van der Waals surface area contributed by atoms with Crippen LogP contribution in [0.1, 0.15) is 65.2 Å². The summed E-state index contributed by atoms with van der Waals surface area (Å²) in [6, 6.07) is 0. The second kappa shape index (κ2) is 6.57. The molecule has 128 valence electrons. The van der Waals surface area contributed by atoms with Crippen molar-refractivity contribution in [1.29, 1.82) is 0 Å². The lowest BCUT2D eigenvalue weighted by Crippen LogP contribution is -2.33. The maximum atomic E-state index is 9.99. The van der Waals surface area contributed by atoms with Crippen molar-refractivity contribution in [3.05, 3.63) is 35.5 Å². The molecule has 5 atom stereocenters. The van der Waals surface area contributed by atoms with E-state index in [0.717, 1.165) is 17.4 Å². The number of aliphatic hydroxyl groups is 2. The number of aliphatic hydroxyl groups excluding tert-OH is 2. The summed E-state index contributed by atoms with van der Waals surface area (Å²) >= 11 is 0. The number of allylic oxidation sites excluding steroid dienone is 3. The first-order valence-corrected chi connectivity index (χ1v) is 9.39. The molecular formula is C21H32O2. The molecule has 2 heteroatoms. The average molecular weight is 316 g/mol. The zero-order valence-corrected chi connectivity index (χ0v) is 14.7. The standard InChI is InChI=1S/C21H32O2/c1-4-17-9-10-18-16(6-5-11-21(17,18)3)8-7-15-12-19(22)14(2)20(23)13-15/h7-8,17-20,22-23H,2,4-6,9-13H2,1,3H3/b16-8-/t17-,18-,19+,20+,21+/m0/s1. The summed E-state index contributed by atoms with van der Waals surface area (Å²) in [4.78, 5) is 0. The molecule has 0 saturated heterocycles. The third kappa shape index (κ3) is 3.08. The van der Waals surface area contributed by atoms with Gasteiger partial charge in [0, 0.05) is 0 Å². The van der Waals surface area contributed by atoms with Crippen LogP contribution in [0.15, 0.2) is 35.5 Å². The first kappa shape index (κ1) is 17.0. The number of hydrogen-bond donors (Lipinski definition) is 2. The molecule has 3 aliphatic carbocycles. The number of rotatable bonds is 2. The van der Waals surface area contributed by atoms with Crippen molar-refractivity contribution in [3.63, 3.8) is 0 Å². The van der Waals surface area contributed by atoms with Gasteiger partial charge in [-0.2, -0.15) is 0 Å². The second-order valence-electron chi connectivity index (χ2n) is 8.18. The first-order valence-electron chi connectivity index (χ1n) is 9.39. The van der Waals surface area contributed by atoms with Gasteiger partial charge in [-0.1, -0.05) is 50.1 Å². The molecule has 0 spiro atoms. The average Bonchev–Trinajstić information content (AvgIpc) is 2.87. The lowest BCUT2D eigenvalue weighted by molar-refractivity contribution is 0.123. The van der Waals surface area contributed by atoms with Crippen LogP contribution in [0.5, 0.6) is 0 Å². The lowest BCUT2D eigenvalue weighted by atomic mass is 9.63. The minimum absolute atomic E-state index is 0.497. The van der Waals surface area contributed by atoms with Gasteiger partial charge in [0.15, 0.2) is 0 Å². The summed E-state index contributed by atoms with van der Waals surface area (Å²) in [5.74, 6) is 1.62. The van der Waals surface area contributed by atoms with Gasteiger partial charge in [-0.3, -0.25) is 0 Å². The highest BCUT2D eigenvalue weighted by atomic mass is 16.3. The molecule has 2 nitrogen and oxygen atoms in total. The normalized spacial score (nSPS) is 42.9. The fourth-order valence-corrected chi connectivity index (χ4v) is 5.44. The third-order valence-electron chi connectivity index (χ3n) is 6.95. The zero-order valence-electron chi connectivity index (χ0n) is 14.7. The van der Waals surface area contributed by atoms with E-state index in [-0.39, 0.29) is 0 Å². The van der Waals surface area contributed by atoms with Gasteiger partial charge in [0.1, 0.15) is 0 Å². The molecule has 3 rings (SSSR count). The largest absolute Gasteiger partial charge is 0.388 e. The first-order chi connectivity index (χ1) is 11.0. The van der Waals surface area contributed by atoms with E-state index in [1.165, 1.54) is 38.5 Å².